The van der Waals surface area contributed by atoms with Gasteiger partial charge in [0.25, 0.3) is 0 Å². The summed E-state index contributed by atoms with van der Waals surface area (Å²) in [4.78, 5) is 39.4. The molecule has 10 heteroatoms. The van der Waals surface area contributed by atoms with E-state index in [1.807, 2.05) is 30.3 Å². The summed E-state index contributed by atoms with van der Waals surface area (Å²) >= 11 is 0. The number of benzene rings is 1. The van der Waals surface area contributed by atoms with E-state index in [4.69, 9.17) is 0 Å². The third-order valence-corrected chi connectivity index (χ3v) is 7.57. The third-order valence-electron chi connectivity index (χ3n) is 6.09. The summed E-state index contributed by atoms with van der Waals surface area (Å²) in [6, 6.07) is 8.36. The second-order valence-electron chi connectivity index (χ2n) is 8.68. The van der Waals surface area contributed by atoms with Crippen molar-refractivity contribution in [3.8, 4) is 0 Å². The lowest BCUT2D eigenvalue weighted by Gasteiger charge is -2.53. The van der Waals surface area contributed by atoms with Crippen LogP contribution in [0.5, 0.6) is 0 Å². The molecule has 2 atom stereocenters. The molecule has 2 saturated heterocycles. The van der Waals surface area contributed by atoms with Gasteiger partial charge in [-0.3, -0.25) is 14.4 Å². The fourth-order valence-corrected chi connectivity index (χ4v) is 4.95. The normalized spacial score (nSPS) is 24.0. The average Bonchev–Trinajstić information content (AvgIpc) is 2.70. The zero-order chi connectivity index (χ0) is 22.9. The molecule has 31 heavy (non-hydrogen) atoms. The highest BCUT2D eigenvalue weighted by molar-refractivity contribution is 7.89. The predicted molar refractivity (Wildman–Crippen MR) is 115 cm³/mol. The Morgan fingerprint density at radius 2 is 1.87 bits per heavy atom. The van der Waals surface area contributed by atoms with Crippen LogP contribution in [0.3, 0.4) is 0 Å². The molecular weight excluding hydrogens is 420 g/mol. The maximum Gasteiger partial charge on any atom is 0.238 e. The number of piperidine rings is 1. The number of nitrogens with zero attached hydrogens (tertiary/aromatic N) is 1. The van der Waals surface area contributed by atoms with Gasteiger partial charge in [-0.1, -0.05) is 37.3 Å². The van der Waals surface area contributed by atoms with Crippen molar-refractivity contribution in [3.63, 3.8) is 0 Å². The number of hydrogen-bond acceptors (Lipinski definition) is 5. The van der Waals surface area contributed by atoms with Crippen LogP contribution in [0.15, 0.2) is 30.3 Å². The highest BCUT2D eigenvalue weighted by atomic mass is 32.2. The monoisotopic (exact) mass is 450 g/mol. The van der Waals surface area contributed by atoms with Crippen molar-refractivity contribution in [1.82, 2.24) is 20.3 Å². The van der Waals surface area contributed by atoms with E-state index in [1.165, 1.54) is 13.8 Å². The van der Waals surface area contributed by atoms with Gasteiger partial charge >= 0.3 is 0 Å². The van der Waals surface area contributed by atoms with Crippen molar-refractivity contribution in [2.24, 2.45) is 5.41 Å². The number of nitrogens with one attached hydrogen (secondary N) is 3. The van der Waals surface area contributed by atoms with Gasteiger partial charge in [0.2, 0.25) is 27.7 Å². The molecule has 3 amide bonds. The molecule has 1 aromatic carbocycles. The van der Waals surface area contributed by atoms with E-state index in [9.17, 15) is 22.8 Å². The SMILES string of the molecule is CCS(=O)(=O)NC(C)C(=O)NC1(c2ccccc2)CN(C(=O)C2(C)CCNC(=O)C2)C1. The Labute approximate surface area is 183 Å². The van der Waals surface area contributed by atoms with Crippen LogP contribution in [-0.2, 0) is 29.9 Å². The molecule has 3 rings (SSSR count). The summed E-state index contributed by atoms with van der Waals surface area (Å²) in [5.74, 6) is -0.829. The van der Waals surface area contributed by atoms with Crippen LogP contribution in [0.4, 0.5) is 0 Å². The number of hydrogen-bond donors (Lipinski definition) is 3. The van der Waals surface area contributed by atoms with Gasteiger partial charge < -0.3 is 15.5 Å². The maximum atomic E-state index is 13.2. The molecular formula is C21H30N4O5S. The highest BCUT2D eigenvalue weighted by Gasteiger charge is 2.52. The third kappa shape index (κ3) is 4.90. The number of amides is 3. The lowest BCUT2D eigenvalue weighted by Crippen LogP contribution is -2.71. The zero-order valence-electron chi connectivity index (χ0n) is 18.1. The predicted octanol–water partition coefficient (Wildman–Crippen LogP) is 0.0844. The van der Waals surface area contributed by atoms with Crippen LogP contribution in [0, 0.1) is 5.41 Å². The topological polar surface area (TPSA) is 125 Å². The molecule has 0 saturated carbocycles. The minimum atomic E-state index is -3.54. The Bertz CT molecular complexity index is 959. The van der Waals surface area contributed by atoms with Crippen molar-refractivity contribution in [3.05, 3.63) is 35.9 Å². The number of sulfonamides is 1. The molecule has 1 aromatic rings. The Morgan fingerprint density at radius 3 is 2.45 bits per heavy atom. The molecule has 0 bridgehead atoms. The molecule has 2 aliphatic heterocycles. The largest absolute Gasteiger partial charge is 0.356 e. The summed E-state index contributed by atoms with van der Waals surface area (Å²) in [5, 5.41) is 5.71. The molecule has 2 unspecified atom stereocenters. The van der Waals surface area contributed by atoms with E-state index in [2.05, 4.69) is 15.4 Å². The van der Waals surface area contributed by atoms with E-state index in [0.29, 0.717) is 13.0 Å². The Morgan fingerprint density at radius 1 is 1.23 bits per heavy atom. The van der Waals surface area contributed by atoms with E-state index in [1.54, 1.807) is 11.8 Å². The standard InChI is InChI=1S/C21H30N4O5S/c1-4-31(29,30)24-15(2)18(27)23-21(16-8-6-5-7-9-16)13-25(14-21)19(28)20(3)10-11-22-17(26)12-20/h5-9,15,24H,4,10-14H2,1-3H3,(H,22,26)(H,23,27). The fourth-order valence-electron chi connectivity index (χ4n) is 4.14. The van der Waals surface area contributed by atoms with Gasteiger partial charge in [0.05, 0.1) is 17.2 Å². The number of carbonyl (C=O) groups excluding carboxylic acids is 3. The first-order valence-corrected chi connectivity index (χ1v) is 12.1. The average molecular weight is 451 g/mol. The second-order valence-corrected chi connectivity index (χ2v) is 10.7. The van der Waals surface area contributed by atoms with Gasteiger partial charge in [-0.2, -0.15) is 0 Å². The van der Waals surface area contributed by atoms with E-state index < -0.39 is 32.9 Å². The molecule has 2 aliphatic rings. The molecule has 170 valence electrons. The first kappa shape index (κ1) is 23.2. The van der Waals surface area contributed by atoms with E-state index in [-0.39, 0.29) is 37.1 Å². The van der Waals surface area contributed by atoms with Crippen LogP contribution in [0.25, 0.3) is 0 Å². The van der Waals surface area contributed by atoms with Crippen molar-refractivity contribution in [1.29, 1.82) is 0 Å². The number of likely N-dealkylation sites (tertiary alicyclic amines) is 1. The lowest BCUT2D eigenvalue weighted by molar-refractivity contribution is -0.156. The van der Waals surface area contributed by atoms with Crippen molar-refractivity contribution >= 4 is 27.7 Å². The molecule has 0 aliphatic carbocycles. The van der Waals surface area contributed by atoms with Gasteiger partial charge in [-0.25, -0.2) is 13.1 Å². The molecule has 0 aromatic heterocycles. The second kappa shape index (κ2) is 8.58. The quantitative estimate of drug-likeness (QED) is 0.543. The van der Waals surface area contributed by atoms with Gasteiger partial charge in [-0.05, 0) is 25.8 Å². The van der Waals surface area contributed by atoms with E-state index in [0.717, 1.165) is 5.56 Å². The van der Waals surface area contributed by atoms with Crippen molar-refractivity contribution < 1.29 is 22.8 Å². The number of carbonyl (C=O) groups is 3. The zero-order valence-corrected chi connectivity index (χ0v) is 18.9. The molecule has 3 N–H and O–H groups in total. The molecule has 0 spiro atoms. The minimum Gasteiger partial charge on any atom is -0.356 e. The van der Waals surface area contributed by atoms with Crippen molar-refractivity contribution in [2.45, 2.75) is 45.2 Å². The Hall–Kier alpha value is -2.46. The summed E-state index contributed by atoms with van der Waals surface area (Å²) in [5.41, 5.74) is -0.739. The van der Waals surface area contributed by atoms with Crippen LogP contribution >= 0.6 is 0 Å². The highest BCUT2D eigenvalue weighted by Crippen LogP contribution is 2.38. The van der Waals surface area contributed by atoms with Gasteiger partial charge in [0.15, 0.2) is 0 Å². The number of rotatable bonds is 7. The van der Waals surface area contributed by atoms with Crippen molar-refractivity contribution in [2.75, 3.05) is 25.4 Å². The van der Waals surface area contributed by atoms with E-state index >= 15 is 0 Å². The molecule has 9 nitrogen and oxygen atoms in total. The fraction of sp³-hybridized carbons (Fsp3) is 0.571. The van der Waals surface area contributed by atoms with Crippen LogP contribution < -0.4 is 15.4 Å². The Kier molecular flexibility index (Phi) is 6.43. The summed E-state index contributed by atoms with van der Waals surface area (Å²) in [6.07, 6.45) is 0.706. The lowest BCUT2D eigenvalue weighted by atomic mass is 9.75. The molecule has 2 heterocycles. The summed E-state index contributed by atoms with van der Waals surface area (Å²) in [7, 11) is -3.54. The first-order valence-electron chi connectivity index (χ1n) is 10.4. The van der Waals surface area contributed by atoms with Gasteiger partial charge in [0.1, 0.15) is 5.54 Å². The van der Waals surface area contributed by atoms with Crippen LogP contribution in [-0.4, -0.2) is 62.5 Å². The summed E-state index contributed by atoms with van der Waals surface area (Å²) in [6.45, 7) is 5.77. The summed E-state index contributed by atoms with van der Waals surface area (Å²) < 4.78 is 26.0. The smallest absolute Gasteiger partial charge is 0.238 e. The van der Waals surface area contributed by atoms with Crippen LogP contribution in [0.2, 0.25) is 0 Å². The minimum absolute atomic E-state index is 0.108. The van der Waals surface area contributed by atoms with Crippen LogP contribution in [0.1, 0.15) is 39.2 Å². The first-order chi connectivity index (χ1) is 14.5. The maximum absolute atomic E-state index is 13.2. The van der Waals surface area contributed by atoms with Gasteiger partial charge in [-0.15, -0.1) is 0 Å². The van der Waals surface area contributed by atoms with Gasteiger partial charge in [0, 0.05) is 26.1 Å². The Balaban J connectivity index is 1.76. The molecule has 2 fully saturated rings. The molecule has 0 radical (unpaired) electrons.